The average molecular weight is 269 g/mol. The minimum absolute atomic E-state index is 0.321. The van der Waals surface area contributed by atoms with Gasteiger partial charge in [0.2, 0.25) is 0 Å². The summed E-state index contributed by atoms with van der Waals surface area (Å²) in [5.41, 5.74) is 0. The number of ether oxygens (including phenoxy) is 1. The summed E-state index contributed by atoms with van der Waals surface area (Å²) in [5, 5.41) is 5.37. The van der Waals surface area contributed by atoms with Gasteiger partial charge in [0.15, 0.2) is 5.17 Å². The van der Waals surface area contributed by atoms with E-state index in [1.54, 1.807) is 0 Å². The first-order valence-electron chi connectivity index (χ1n) is 7.14. The van der Waals surface area contributed by atoms with E-state index in [-0.39, 0.29) is 0 Å². The molecule has 2 fully saturated rings. The van der Waals surface area contributed by atoms with Crippen LogP contribution in [0.25, 0.3) is 0 Å². The first-order valence-corrected chi connectivity index (χ1v) is 8.02. The van der Waals surface area contributed by atoms with Crippen molar-refractivity contribution in [3.05, 3.63) is 0 Å². The number of thioether (sulfide) groups is 1. The van der Waals surface area contributed by atoms with Crippen molar-refractivity contribution in [1.82, 2.24) is 10.2 Å². The molecule has 0 aromatic carbocycles. The van der Waals surface area contributed by atoms with Gasteiger partial charge in [0.05, 0.1) is 19.3 Å². The van der Waals surface area contributed by atoms with E-state index in [0.29, 0.717) is 6.10 Å². The molecule has 0 bridgehead atoms. The van der Waals surface area contributed by atoms with Crippen molar-refractivity contribution in [2.24, 2.45) is 10.9 Å². The summed E-state index contributed by atoms with van der Waals surface area (Å²) >= 11 is 1.95. The lowest BCUT2D eigenvalue weighted by Gasteiger charge is -2.32. The van der Waals surface area contributed by atoms with Crippen molar-refractivity contribution in [2.75, 3.05) is 39.3 Å². The third-order valence-corrected chi connectivity index (χ3v) is 5.31. The van der Waals surface area contributed by atoms with Crippen LogP contribution in [0.15, 0.2) is 4.99 Å². The number of nitrogens with zero attached hydrogens (tertiary/aromatic N) is 2. The molecule has 1 saturated carbocycles. The second kappa shape index (κ2) is 5.80. The molecule has 5 heteroatoms. The van der Waals surface area contributed by atoms with Gasteiger partial charge in [-0.3, -0.25) is 9.89 Å². The van der Waals surface area contributed by atoms with Crippen LogP contribution in [0.4, 0.5) is 0 Å². The van der Waals surface area contributed by atoms with E-state index in [9.17, 15) is 0 Å². The van der Waals surface area contributed by atoms with Crippen LogP contribution in [0.5, 0.6) is 0 Å². The average Bonchev–Trinajstić information content (AvgIpc) is 3.16. The Bertz CT molecular complexity index is 319. The van der Waals surface area contributed by atoms with Crippen LogP contribution >= 0.6 is 11.8 Å². The Kier molecular flexibility index (Phi) is 4.11. The summed E-state index contributed by atoms with van der Waals surface area (Å²) in [6.45, 7) is 8.25. The summed E-state index contributed by atoms with van der Waals surface area (Å²) in [4.78, 5) is 7.05. The molecule has 0 radical (unpaired) electrons. The van der Waals surface area contributed by atoms with Gasteiger partial charge in [-0.1, -0.05) is 18.7 Å². The molecule has 3 rings (SSSR count). The molecular formula is C13H23N3OS. The van der Waals surface area contributed by atoms with E-state index in [1.807, 2.05) is 11.8 Å². The molecule has 1 saturated heterocycles. The summed E-state index contributed by atoms with van der Waals surface area (Å²) < 4.78 is 5.79. The van der Waals surface area contributed by atoms with Gasteiger partial charge in [0, 0.05) is 24.9 Å². The molecule has 2 atom stereocenters. The maximum Gasteiger partial charge on any atom is 0.157 e. The lowest BCUT2D eigenvalue weighted by molar-refractivity contribution is -0.0232. The minimum atomic E-state index is 0.321. The Balaban J connectivity index is 1.38. The van der Waals surface area contributed by atoms with Crippen molar-refractivity contribution >= 4 is 16.9 Å². The quantitative estimate of drug-likeness (QED) is 0.831. The van der Waals surface area contributed by atoms with Crippen molar-refractivity contribution < 1.29 is 4.74 Å². The topological polar surface area (TPSA) is 36.9 Å². The number of amidine groups is 1. The van der Waals surface area contributed by atoms with Crippen LogP contribution in [-0.2, 0) is 4.74 Å². The predicted molar refractivity (Wildman–Crippen MR) is 76.3 cm³/mol. The normalized spacial score (nSPS) is 33.5. The van der Waals surface area contributed by atoms with E-state index < -0.39 is 0 Å². The summed E-state index contributed by atoms with van der Waals surface area (Å²) in [6, 6.07) is 0. The van der Waals surface area contributed by atoms with Crippen LogP contribution in [-0.4, -0.2) is 60.8 Å². The molecule has 0 spiro atoms. The third-order valence-electron chi connectivity index (χ3n) is 3.98. The molecule has 4 nitrogen and oxygen atoms in total. The molecule has 2 aliphatic heterocycles. The number of nitrogens with one attached hydrogen (secondary N) is 1. The van der Waals surface area contributed by atoms with Crippen LogP contribution in [0, 0.1) is 5.92 Å². The molecule has 102 valence electrons. The summed E-state index contributed by atoms with van der Waals surface area (Å²) in [5.74, 6) is 0.944. The highest BCUT2D eigenvalue weighted by molar-refractivity contribution is 8.14. The Labute approximate surface area is 114 Å². The smallest absolute Gasteiger partial charge is 0.157 e. The van der Waals surface area contributed by atoms with Gasteiger partial charge >= 0.3 is 0 Å². The van der Waals surface area contributed by atoms with Crippen LogP contribution in [0.3, 0.4) is 0 Å². The monoisotopic (exact) mass is 269 g/mol. The first kappa shape index (κ1) is 12.8. The number of hydrogen-bond donors (Lipinski definition) is 1. The second-order valence-corrected chi connectivity index (χ2v) is 6.63. The standard InChI is InChI=1S/C13H23N3OS/c1-2-16-5-6-17-11(9-16)7-14-13-15-8-12(18-13)10-3-4-10/h10-12H,2-9H2,1H3,(H,14,15). The van der Waals surface area contributed by atoms with E-state index in [1.165, 1.54) is 12.8 Å². The van der Waals surface area contributed by atoms with Gasteiger partial charge in [0.25, 0.3) is 0 Å². The van der Waals surface area contributed by atoms with Crippen molar-refractivity contribution in [1.29, 1.82) is 0 Å². The zero-order valence-corrected chi connectivity index (χ0v) is 11.9. The Hall–Kier alpha value is -0.260. The number of aliphatic imine (C=N–C) groups is 1. The van der Waals surface area contributed by atoms with Crippen molar-refractivity contribution in [2.45, 2.75) is 31.1 Å². The van der Waals surface area contributed by atoms with Gasteiger partial charge in [0.1, 0.15) is 0 Å². The molecule has 0 aromatic rings. The second-order valence-electron chi connectivity index (χ2n) is 5.41. The lowest BCUT2D eigenvalue weighted by Crippen LogP contribution is -2.47. The molecule has 3 aliphatic rings. The molecule has 2 heterocycles. The van der Waals surface area contributed by atoms with Crippen LogP contribution in [0.2, 0.25) is 0 Å². The van der Waals surface area contributed by atoms with E-state index >= 15 is 0 Å². The molecule has 0 amide bonds. The first-order chi connectivity index (χ1) is 8.85. The van der Waals surface area contributed by atoms with Crippen LogP contribution < -0.4 is 5.32 Å². The molecule has 1 N–H and O–H groups in total. The zero-order chi connectivity index (χ0) is 12.4. The highest BCUT2D eigenvalue weighted by Gasteiger charge is 2.35. The van der Waals surface area contributed by atoms with Gasteiger partial charge in [-0.15, -0.1) is 0 Å². The largest absolute Gasteiger partial charge is 0.374 e. The van der Waals surface area contributed by atoms with Gasteiger partial charge in [-0.25, -0.2) is 0 Å². The zero-order valence-electron chi connectivity index (χ0n) is 11.1. The van der Waals surface area contributed by atoms with Gasteiger partial charge in [-0.2, -0.15) is 0 Å². The van der Waals surface area contributed by atoms with E-state index in [0.717, 1.165) is 55.7 Å². The summed E-state index contributed by atoms with van der Waals surface area (Å²) in [7, 11) is 0. The summed E-state index contributed by atoms with van der Waals surface area (Å²) in [6.07, 6.45) is 3.15. The molecule has 2 unspecified atom stereocenters. The fourth-order valence-electron chi connectivity index (χ4n) is 2.59. The SMILES string of the molecule is CCN1CCOC(CNC2=NCC(C3CC3)S2)C1. The number of hydrogen-bond acceptors (Lipinski definition) is 5. The molecule has 0 aromatic heterocycles. The fourth-order valence-corrected chi connectivity index (χ4v) is 3.81. The third kappa shape index (κ3) is 3.19. The lowest BCUT2D eigenvalue weighted by atomic mass is 10.2. The maximum absolute atomic E-state index is 5.79. The maximum atomic E-state index is 5.79. The van der Waals surface area contributed by atoms with E-state index in [2.05, 4.69) is 22.1 Å². The number of likely N-dealkylation sites (N-methyl/N-ethyl adjacent to an activating group) is 1. The van der Waals surface area contributed by atoms with Crippen molar-refractivity contribution in [3.8, 4) is 0 Å². The predicted octanol–water partition coefficient (Wildman–Crippen LogP) is 1.18. The minimum Gasteiger partial charge on any atom is -0.374 e. The Morgan fingerprint density at radius 3 is 3.17 bits per heavy atom. The van der Waals surface area contributed by atoms with Gasteiger partial charge < -0.3 is 10.1 Å². The highest BCUT2D eigenvalue weighted by Crippen LogP contribution is 2.41. The van der Waals surface area contributed by atoms with E-state index in [4.69, 9.17) is 4.74 Å². The van der Waals surface area contributed by atoms with Crippen molar-refractivity contribution in [3.63, 3.8) is 0 Å². The molecule has 1 aliphatic carbocycles. The highest BCUT2D eigenvalue weighted by atomic mass is 32.2. The fraction of sp³-hybridized carbons (Fsp3) is 0.923. The number of morpholine rings is 1. The van der Waals surface area contributed by atoms with Crippen LogP contribution in [0.1, 0.15) is 19.8 Å². The molecule has 18 heavy (non-hydrogen) atoms. The van der Waals surface area contributed by atoms with Gasteiger partial charge in [-0.05, 0) is 25.3 Å². The molecular weight excluding hydrogens is 246 g/mol. The Morgan fingerprint density at radius 2 is 2.39 bits per heavy atom. The number of rotatable bonds is 4. The Morgan fingerprint density at radius 1 is 1.50 bits per heavy atom.